The molecule has 0 bridgehead atoms. The van der Waals surface area contributed by atoms with Gasteiger partial charge in [-0.25, -0.2) is 9.78 Å². The Hall–Kier alpha value is -1.43. The van der Waals surface area contributed by atoms with Gasteiger partial charge in [-0.3, -0.25) is 4.79 Å². The van der Waals surface area contributed by atoms with E-state index < -0.39 is 12.0 Å². The summed E-state index contributed by atoms with van der Waals surface area (Å²) in [6, 6.07) is -0.672. The van der Waals surface area contributed by atoms with Crippen LogP contribution < -0.4 is 0 Å². The molecule has 6 heteroatoms. The number of hydrogen-bond acceptors (Lipinski definition) is 4. The first-order valence-electron chi connectivity index (χ1n) is 5.61. The number of thiazole rings is 1. The van der Waals surface area contributed by atoms with Crippen LogP contribution in [0.4, 0.5) is 0 Å². The van der Waals surface area contributed by atoms with Gasteiger partial charge in [0.05, 0.1) is 11.2 Å². The molecule has 1 fully saturated rings. The van der Waals surface area contributed by atoms with Gasteiger partial charge in [0.2, 0.25) is 0 Å². The van der Waals surface area contributed by atoms with E-state index in [0.29, 0.717) is 24.3 Å². The standard InChI is InChI=1S/C11H14N2O3S/c1-2-7-9(17-6-12-7)10(14)13-5-3-4-8(13)11(15)16/h6,8H,2-5H2,1H3,(H,15,16). The summed E-state index contributed by atoms with van der Waals surface area (Å²) in [5.74, 6) is -1.10. The SMILES string of the molecule is CCc1ncsc1C(=O)N1CCCC1C(=O)O. The molecule has 0 aromatic carbocycles. The largest absolute Gasteiger partial charge is 0.480 e. The Morgan fingerprint density at radius 3 is 3.06 bits per heavy atom. The van der Waals surface area contributed by atoms with E-state index in [2.05, 4.69) is 4.98 Å². The Morgan fingerprint density at radius 2 is 2.41 bits per heavy atom. The summed E-state index contributed by atoms with van der Waals surface area (Å²) in [6.45, 7) is 2.46. The van der Waals surface area contributed by atoms with Crippen molar-refractivity contribution in [3.63, 3.8) is 0 Å². The summed E-state index contributed by atoms with van der Waals surface area (Å²) in [5.41, 5.74) is 2.40. The lowest BCUT2D eigenvalue weighted by atomic mass is 10.2. The van der Waals surface area contributed by atoms with Gasteiger partial charge >= 0.3 is 5.97 Å². The van der Waals surface area contributed by atoms with Gasteiger partial charge in [-0.05, 0) is 19.3 Å². The van der Waals surface area contributed by atoms with Crippen LogP contribution in [0.2, 0.25) is 0 Å². The van der Waals surface area contributed by atoms with Crippen LogP contribution in [-0.4, -0.2) is 39.5 Å². The van der Waals surface area contributed by atoms with E-state index in [9.17, 15) is 9.59 Å². The predicted octanol–water partition coefficient (Wildman–Crippen LogP) is 1.39. The van der Waals surface area contributed by atoms with Crippen molar-refractivity contribution >= 4 is 23.2 Å². The summed E-state index contributed by atoms with van der Waals surface area (Å²) < 4.78 is 0. The van der Waals surface area contributed by atoms with Crippen LogP contribution in [0.25, 0.3) is 0 Å². The van der Waals surface area contributed by atoms with E-state index in [1.54, 1.807) is 5.51 Å². The van der Waals surface area contributed by atoms with Gasteiger partial charge in [0.1, 0.15) is 10.9 Å². The summed E-state index contributed by atoms with van der Waals surface area (Å²) in [6.07, 6.45) is 1.99. The third kappa shape index (κ3) is 2.17. The predicted molar refractivity (Wildman–Crippen MR) is 63.2 cm³/mol. The number of rotatable bonds is 3. The molecule has 2 rings (SSSR count). The van der Waals surface area contributed by atoms with Gasteiger partial charge in [0, 0.05) is 6.54 Å². The second-order valence-electron chi connectivity index (χ2n) is 3.98. The Bertz CT molecular complexity index is 444. The number of likely N-dealkylation sites (tertiary alicyclic amines) is 1. The van der Waals surface area contributed by atoms with Crippen molar-refractivity contribution < 1.29 is 14.7 Å². The zero-order valence-electron chi connectivity index (χ0n) is 9.55. The van der Waals surface area contributed by atoms with Crippen LogP contribution in [0, 0.1) is 0 Å². The number of aryl methyl sites for hydroxylation is 1. The van der Waals surface area contributed by atoms with Crippen LogP contribution in [0.15, 0.2) is 5.51 Å². The lowest BCUT2D eigenvalue weighted by Gasteiger charge is -2.20. The van der Waals surface area contributed by atoms with Crippen molar-refractivity contribution in [1.82, 2.24) is 9.88 Å². The number of carbonyl (C=O) groups is 2. The quantitative estimate of drug-likeness (QED) is 0.885. The molecule has 1 saturated heterocycles. The molecule has 17 heavy (non-hydrogen) atoms. The number of aliphatic carboxylic acids is 1. The first-order valence-corrected chi connectivity index (χ1v) is 6.49. The highest BCUT2D eigenvalue weighted by molar-refractivity contribution is 7.11. The molecule has 1 atom stereocenters. The zero-order chi connectivity index (χ0) is 12.4. The van der Waals surface area contributed by atoms with Crippen molar-refractivity contribution in [2.24, 2.45) is 0 Å². The molecule has 1 aromatic heterocycles. The number of amides is 1. The molecule has 2 heterocycles. The molecule has 0 aliphatic carbocycles. The van der Waals surface area contributed by atoms with Crippen LogP contribution in [-0.2, 0) is 11.2 Å². The molecular formula is C11H14N2O3S. The number of carbonyl (C=O) groups excluding carboxylic acids is 1. The molecule has 0 radical (unpaired) electrons. The Kier molecular flexibility index (Phi) is 3.42. The summed E-state index contributed by atoms with van der Waals surface area (Å²) in [5, 5.41) is 9.05. The number of carboxylic acids is 1. The highest BCUT2D eigenvalue weighted by atomic mass is 32.1. The summed E-state index contributed by atoms with van der Waals surface area (Å²) >= 11 is 1.29. The molecule has 92 valence electrons. The third-order valence-electron chi connectivity index (χ3n) is 2.97. The molecular weight excluding hydrogens is 240 g/mol. The van der Waals surface area contributed by atoms with Gasteiger partial charge in [-0.1, -0.05) is 6.92 Å². The smallest absolute Gasteiger partial charge is 0.326 e. The second-order valence-corrected chi connectivity index (χ2v) is 4.83. The first kappa shape index (κ1) is 12.0. The average molecular weight is 254 g/mol. The Balaban J connectivity index is 2.23. The average Bonchev–Trinajstić information content (AvgIpc) is 2.96. The van der Waals surface area contributed by atoms with Gasteiger partial charge in [0.15, 0.2) is 0 Å². The van der Waals surface area contributed by atoms with E-state index in [1.807, 2.05) is 6.92 Å². The minimum Gasteiger partial charge on any atom is -0.480 e. The van der Waals surface area contributed by atoms with Crippen LogP contribution >= 0.6 is 11.3 Å². The molecule has 1 unspecified atom stereocenters. The third-order valence-corrected chi connectivity index (χ3v) is 3.83. The Morgan fingerprint density at radius 1 is 1.65 bits per heavy atom. The van der Waals surface area contributed by atoms with Gasteiger partial charge < -0.3 is 10.0 Å². The summed E-state index contributed by atoms with van der Waals surface area (Å²) in [4.78, 5) is 29.4. The lowest BCUT2D eigenvalue weighted by Crippen LogP contribution is -2.40. The van der Waals surface area contributed by atoms with Crippen molar-refractivity contribution in [2.45, 2.75) is 32.2 Å². The van der Waals surface area contributed by atoms with Crippen molar-refractivity contribution in [2.75, 3.05) is 6.54 Å². The first-order chi connectivity index (χ1) is 8.15. The maximum Gasteiger partial charge on any atom is 0.326 e. The van der Waals surface area contributed by atoms with E-state index >= 15 is 0 Å². The van der Waals surface area contributed by atoms with Crippen molar-refractivity contribution in [1.29, 1.82) is 0 Å². The molecule has 5 nitrogen and oxygen atoms in total. The normalized spacial score (nSPS) is 19.6. The number of carboxylic acid groups (broad SMARTS) is 1. The van der Waals surface area contributed by atoms with Gasteiger partial charge in [-0.2, -0.15) is 0 Å². The second kappa shape index (κ2) is 4.83. The molecule has 1 aliphatic rings. The molecule has 1 amide bonds. The van der Waals surface area contributed by atoms with Crippen molar-refractivity contribution in [3.05, 3.63) is 16.1 Å². The number of hydrogen-bond donors (Lipinski definition) is 1. The molecule has 1 aromatic rings. The lowest BCUT2D eigenvalue weighted by molar-refractivity contribution is -0.141. The molecule has 1 N–H and O–H groups in total. The Labute approximate surface area is 103 Å². The summed E-state index contributed by atoms with van der Waals surface area (Å²) in [7, 11) is 0. The maximum atomic E-state index is 12.2. The van der Waals surface area contributed by atoms with E-state index in [4.69, 9.17) is 5.11 Å². The highest BCUT2D eigenvalue weighted by Gasteiger charge is 2.35. The zero-order valence-corrected chi connectivity index (χ0v) is 10.4. The molecule has 0 spiro atoms. The fourth-order valence-corrected chi connectivity index (χ4v) is 2.93. The monoisotopic (exact) mass is 254 g/mol. The van der Waals surface area contributed by atoms with E-state index in [1.165, 1.54) is 16.2 Å². The van der Waals surface area contributed by atoms with Crippen molar-refractivity contribution in [3.8, 4) is 0 Å². The molecule has 1 aliphatic heterocycles. The van der Waals surface area contributed by atoms with E-state index in [0.717, 1.165) is 12.1 Å². The maximum absolute atomic E-state index is 12.2. The fourth-order valence-electron chi connectivity index (χ4n) is 2.09. The number of nitrogens with zero attached hydrogens (tertiary/aromatic N) is 2. The van der Waals surface area contributed by atoms with Gasteiger partial charge in [0.25, 0.3) is 5.91 Å². The van der Waals surface area contributed by atoms with Crippen LogP contribution in [0.1, 0.15) is 35.1 Å². The highest BCUT2D eigenvalue weighted by Crippen LogP contribution is 2.23. The minimum absolute atomic E-state index is 0.186. The number of aromatic nitrogens is 1. The topological polar surface area (TPSA) is 70.5 Å². The fraction of sp³-hybridized carbons (Fsp3) is 0.545. The molecule has 0 saturated carbocycles. The van der Waals surface area contributed by atoms with E-state index in [-0.39, 0.29) is 5.91 Å². The minimum atomic E-state index is -0.918. The van der Waals surface area contributed by atoms with Crippen LogP contribution in [0.5, 0.6) is 0 Å². The van der Waals surface area contributed by atoms with Gasteiger partial charge in [-0.15, -0.1) is 11.3 Å². The van der Waals surface area contributed by atoms with Crippen LogP contribution in [0.3, 0.4) is 0 Å².